The minimum Gasteiger partial charge on any atom is -0.449 e. The molecule has 1 unspecified atom stereocenters. The molecule has 6 nitrogen and oxygen atoms in total. The molecule has 2 aromatic heterocycles. The van der Waals surface area contributed by atoms with Crippen LogP contribution in [0.15, 0.2) is 35.0 Å². The van der Waals surface area contributed by atoms with Crippen LogP contribution in [0.3, 0.4) is 0 Å². The number of esters is 1. The summed E-state index contributed by atoms with van der Waals surface area (Å²) in [4.78, 5) is 37.5. The van der Waals surface area contributed by atoms with E-state index in [1.165, 1.54) is 29.6 Å². The van der Waals surface area contributed by atoms with E-state index in [0.717, 1.165) is 9.75 Å². The van der Waals surface area contributed by atoms with Gasteiger partial charge in [-0.2, -0.15) is 0 Å². The molecular formula is C17H18N2O4S2. The molecule has 0 spiro atoms. The van der Waals surface area contributed by atoms with Gasteiger partial charge in [-0.1, -0.05) is 12.1 Å². The zero-order valence-electron chi connectivity index (χ0n) is 13.8. The van der Waals surface area contributed by atoms with Crippen LogP contribution in [0.2, 0.25) is 0 Å². The van der Waals surface area contributed by atoms with E-state index in [1.54, 1.807) is 13.0 Å². The van der Waals surface area contributed by atoms with Crippen LogP contribution in [0.1, 0.15) is 23.6 Å². The minimum atomic E-state index is -1.10. The number of carbonyl (C=O) groups is 3. The number of imide groups is 1. The number of ether oxygens (including phenoxy) is 1. The summed E-state index contributed by atoms with van der Waals surface area (Å²) >= 11 is 2.90. The number of amides is 3. The third-order valence-corrected chi connectivity index (χ3v) is 4.79. The molecule has 0 aliphatic heterocycles. The average Bonchev–Trinajstić information content (AvgIpc) is 3.26. The van der Waals surface area contributed by atoms with Gasteiger partial charge in [-0.3, -0.25) is 10.1 Å². The van der Waals surface area contributed by atoms with E-state index >= 15 is 0 Å². The van der Waals surface area contributed by atoms with Crippen molar-refractivity contribution in [3.63, 3.8) is 0 Å². The van der Waals surface area contributed by atoms with Gasteiger partial charge < -0.3 is 10.1 Å². The van der Waals surface area contributed by atoms with Crippen molar-refractivity contribution in [2.75, 3.05) is 6.54 Å². The van der Waals surface area contributed by atoms with Crippen LogP contribution in [-0.2, 0) is 14.3 Å². The first-order valence-corrected chi connectivity index (χ1v) is 9.36. The van der Waals surface area contributed by atoms with Gasteiger partial charge in [-0.25, -0.2) is 9.59 Å². The fourth-order valence-corrected chi connectivity index (χ4v) is 3.26. The van der Waals surface area contributed by atoms with Crippen molar-refractivity contribution in [2.45, 2.75) is 20.0 Å². The van der Waals surface area contributed by atoms with Crippen molar-refractivity contribution in [3.05, 3.63) is 44.8 Å². The van der Waals surface area contributed by atoms with Gasteiger partial charge in [0.2, 0.25) is 0 Å². The zero-order chi connectivity index (χ0) is 18.2. The third kappa shape index (κ3) is 5.54. The summed E-state index contributed by atoms with van der Waals surface area (Å²) in [7, 11) is 0. The number of carbonyl (C=O) groups excluding carboxylic acids is 3. The Morgan fingerprint density at radius 1 is 1.20 bits per heavy atom. The Kier molecular flexibility index (Phi) is 6.91. The van der Waals surface area contributed by atoms with Gasteiger partial charge in [0.1, 0.15) is 0 Å². The normalized spacial score (nSPS) is 12.3. The quantitative estimate of drug-likeness (QED) is 0.597. The van der Waals surface area contributed by atoms with Crippen LogP contribution in [0.25, 0.3) is 11.6 Å². The molecule has 0 radical (unpaired) electrons. The first kappa shape index (κ1) is 18.9. The molecule has 2 N–H and O–H groups in total. The monoisotopic (exact) mass is 378 g/mol. The van der Waals surface area contributed by atoms with Gasteiger partial charge in [-0.15, -0.1) is 22.7 Å². The molecule has 132 valence electrons. The molecular weight excluding hydrogens is 360 g/mol. The first-order valence-electron chi connectivity index (χ1n) is 7.60. The second-order valence-corrected chi connectivity index (χ2v) is 6.87. The fraction of sp³-hybridized carbons (Fsp3) is 0.235. The Morgan fingerprint density at radius 3 is 2.52 bits per heavy atom. The lowest BCUT2D eigenvalue weighted by molar-refractivity contribution is -0.148. The molecule has 0 aromatic carbocycles. The van der Waals surface area contributed by atoms with Crippen LogP contribution < -0.4 is 10.6 Å². The van der Waals surface area contributed by atoms with E-state index in [0.29, 0.717) is 12.1 Å². The molecule has 2 aromatic rings. The Bertz CT molecular complexity index is 752. The van der Waals surface area contributed by atoms with E-state index < -0.39 is 24.0 Å². The molecule has 0 aliphatic rings. The summed E-state index contributed by atoms with van der Waals surface area (Å²) in [5.74, 6) is -1.30. The maximum absolute atomic E-state index is 12.5. The highest BCUT2D eigenvalue weighted by Gasteiger charge is 2.23. The van der Waals surface area contributed by atoms with E-state index in [-0.39, 0.29) is 0 Å². The molecule has 8 heteroatoms. The van der Waals surface area contributed by atoms with Crippen LogP contribution in [-0.4, -0.2) is 30.6 Å². The summed E-state index contributed by atoms with van der Waals surface area (Å²) in [6.07, 6.45) is 0.634. The van der Waals surface area contributed by atoms with Gasteiger partial charge in [0, 0.05) is 16.3 Å². The molecule has 2 rings (SSSR count). The first-order chi connectivity index (χ1) is 12.0. The van der Waals surface area contributed by atoms with Crippen LogP contribution in [0.5, 0.6) is 0 Å². The fourth-order valence-electron chi connectivity index (χ4n) is 1.87. The highest BCUT2D eigenvalue weighted by atomic mass is 32.1. The molecule has 2 heterocycles. The second-order valence-electron chi connectivity index (χ2n) is 4.95. The maximum atomic E-state index is 12.5. The van der Waals surface area contributed by atoms with E-state index in [2.05, 4.69) is 10.6 Å². The summed E-state index contributed by atoms with van der Waals surface area (Å²) in [5.41, 5.74) is 0.370. The predicted octanol–water partition coefficient (Wildman–Crippen LogP) is 3.13. The highest BCUT2D eigenvalue weighted by Crippen LogP contribution is 2.26. The van der Waals surface area contributed by atoms with Crippen molar-refractivity contribution < 1.29 is 19.1 Å². The molecule has 0 saturated carbocycles. The lowest BCUT2D eigenvalue weighted by Crippen LogP contribution is -2.44. The van der Waals surface area contributed by atoms with Crippen molar-refractivity contribution in [1.82, 2.24) is 10.6 Å². The van der Waals surface area contributed by atoms with Crippen LogP contribution >= 0.6 is 22.7 Å². The summed E-state index contributed by atoms with van der Waals surface area (Å²) < 4.78 is 5.24. The lowest BCUT2D eigenvalue weighted by atomic mass is 10.2. The molecule has 0 aliphatic carbocycles. The standard InChI is InChI=1S/C17H18N2O4S2/c1-3-18-17(22)19-15(20)11(2)23-16(21)13(14-7-5-9-25-14)10-12-6-4-8-24-12/h4-11H,3H2,1-2H3,(H2,18,19,20,22)/b13-10+. The number of urea groups is 1. The Hall–Kier alpha value is -2.45. The molecule has 0 bridgehead atoms. The highest BCUT2D eigenvalue weighted by molar-refractivity contribution is 7.12. The second kappa shape index (κ2) is 9.14. The largest absolute Gasteiger partial charge is 0.449 e. The number of nitrogens with one attached hydrogen (secondary N) is 2. The van der Waals surface area contributed by atoms with E-state index in [9.17, 15) is 14.4 Å². The molecule has 0 fully saturated rings. The van der Waals surface area contributed by atoms with E-state index in [4.69, 9.17) is 4.74 Å². The van der Waals surface area contributed by atoms with Crippen molar-refractivity contribution >= 4 is 52.2 Å². The zero-order valence-corrected chi connectivity index (χ0v) is 15.4. The Balaban J connectivity index is 2.10. The smallest absolute Gasteiger partial charge is 0.340 e. The topological polar surface area (TPSA) is 84.5 Å². The van der Waals surface area contributed by atoms with Crippen molar-refractivity contribution in [2.24, 2.45) is 0 Å². The van der Waals surface area contributed by atoms with Crippen molar-refractivity contribution in [3.8, 4) is 0 Å². The Labute approximate surface area is 153 Å². The van der Waals surface area contributed by atoms with Gasteiger partial charge in [0.25, 0.3) is 5.91 Å². The number of hydrogen-bond acceptors (Lipinski definition) is 6. The predicted molar refractivity (Wildman–Crippen MR) is 99.3 cm³/mol. The Morgan fingerprint density at radius 2 is 1.92 bits per heavy atom. The SMILES string of the molecule is CCNC(=O)NC(=O)C(C)OC(=O)/C(=C/c1cccs1)c1cccs1. The summed E-state index contributed by atoms with van der Waals surface area (Å²) in [5, 5.41) is 8.33. The number of hydrogen-bond donors (Lipinski definition) is 2. The van der Waals surface area contributed by atoms with Gasteiger partial charge in [-0.05, 0) is 42.8 Å². The summed E-state index contributed by atoms with van der Waals surface area (Å²) in [6.45, 7) is 3.54. The summed E-state index contributed by atoms with van der Waals surface area (Å²) in [6, 6.07) is 6.79. The van der Waals surface area contributed by atoms with Gasteiger partial charge in [0.05, 0.1) is 5.57 Å². The molecule has 1 atom stereocenters. The molecule has 3 amide bonds. The van der Waals surface area contributed by atoms with E-state index in [1.807, 2.05) is 35.0 Å². The van der Waals surface area contributed by atoms with Crippen molar-refractivity contribution in [1.29, 1.82) is 0 Å². The maximum Gasteiger partial charge on any atom is 0.340 e. The number of thiophene rings is 2. The van der Waals surface area contributed by atoms with Crippen LogP contribution in [0, 0.1) is 0 Å². The lowest BCUT2D eigenvalue weighted by Gasteiger charge is -2.14. The third-order valence-electron chi connectivity index (χ3n) is 3.06. The average molecular weight is 378 g/mol. The minimum absolute atomic E-state index is 0.370. The van der Waals surface area contributed by atoms with Crippen LogP contribution in [0.4, 0.5) is 4.79 Å². The van der Waals surface area contributed by atoms with Gasteiger partial charge in [0.15, 0.2) is 6.10 Å². The van der Waals surface area contributed by atoms with Gasteiger partial charge >= 0.3 is 12.0 Å². The number of rotatable bonds is 6. The molecule has 0 saturated heterocycles. The molecule has 25 heavy (non-hydrogen) atoms.